The number of hydrogen-bond acceptors (Lipinski definition) is 8. The summed E-state index contributed by atoms with van der Waals surface area (Å²) in [5.41, 5.74) is 1.79. The van der Waals surface area contributed by atoms with Crippen molar-refractivity contribution in [2.45, 2.75) is 12.8 Å². The first-order valence-electron chi connectivity index (χ1n) is 11.3. The molecule has 1 atom stereocenters. The highest BCUT2D eigenvalue weighted by Crippen LogP contribution is 2.37. The van der Waals surface area contributed by atoms with Crippen molar-refractivity contribution in [3.8, 4) is 28.8 Å². The van der Waals surface area contributed by atoms with E-state index in [1.54, 1.807) is 60.1 Å². The van der Waals surface area contributed by atoms with Crippen molar-refractivity contribution in [2.24, 2.45) is 0 Å². The summed E-state index contributed by atoms with van der Waals surface area (Å²) in [6.45, 7) is 0.606. The number of nitrogens with zero attached hydrogens (tertiary/aromatic N) is 5. The molecule has 5 rings (SSSR count). The number of aromatic nitrogens is 4. The van der Waals surface area contributed by atoms with Gasteiger partial charge in [-0.25, -0.2) is 4.21 Å². The Balaban J connectivity index is 1.44. The Kier molecular flexibility index (Phi) is 7.10. The van der Waals surface area contributed by atoms with Crippen molar-refractivity contribution >= 4 is 40.1 Å². The van der Waals surface area contributed by atoms with Gasteiger partial charge in [0.25, 0.3) is 0 Å². The van der Waals surface area contributed by atoms with Crippen molar-refractivity contribution in [3.63, 3.8) is 0 Å². The number of rotatable bonds is 10. The van der Waals surface area contributed by atoms with Crippen molar-refractivity contribution < 1.29 is 22.9 Å². The molecule has 3 aromatic heterocycles. The van der Waals surface area contributed by atoms with Gasteiger partial charge in [0.15, 0.2) is 5.76 Å². The van der Waals surface area contributed by atoms with Gasteiger partial charge in [-0.1, -0.05) is 17.7 Å². The van der Waals surface area contributed by atoms with Crippen molar-refractivity contribution in [3.05, 3.63) is 59.6 Å². The summed E-state index contributed by atoms with van der Waals surface area (Å²) in [5.74, 6) is 2.21. The van der Waals surface area contributed by atoms with E-state index in [0.717, 1.165) is 0 Å². The maximum atomic E-state index is 13.2. The molecule has 0 saturated carbocycles. The van der Waals surface area contributed by atoms with E-state index < -0.39 is 11.0 Å². The molecule has 0 radical (unpaired) electrons. The molecule has 1 fully saturated rings. The summed E-state index contributed by atoms with van der Waals surface area (Å²) >= 11 is 6.11. The van der Waals surface area contributed by atoms with Gasteiger partial charge in [0.05, 0.1) is 36.9 Å². The van der Waals surface area contributed by atoms with Crippen LogP contribution in [-0.2, 0) is 22.2 Å². The minimum atomic E-state index is -1.59. The van der Waals surface area contributed by atoms with E-state index in [9.17, 15) is 9.00 Å². The first-order valence-corrected chi connectivity index (χ1v) is 13.0. The zero-order valence-electron chi connectivity index (χ0n) is 20.0. The second kappa shape index (κ2) is 10.6. The third kappa shape index (κ3) is 4.89. The molecule has 1 N–H and O–H groups in total. The minimum Gasteiger partial charge on any atom is -0.494 e. The monoisotopic (exact) mass is 542 g/mol. The highest BCUT2D eigenvalue weighted by Gasteiger charge is 2.28. The van der Waals surface area contributed by atoms with Crippen LogP contribution in [0.15, 0.2) is 53.3 Å². The van der Waals surface area contributed by atoms with Gasteiger partial charge in [0, 0.05) is 31.3 Å². The predicted octanol–water partition coefficient (Wildman–Crippen LogP) is 3.65. The van der Waals surface area contributed by atoms with Crippen molar-refractivity contribution in [1.82, 2.24) is 19.7 Å². The molecule has 0 bridgehead atoms. The number of para-hydroxylation sites is 1. The number of ether oxygens (including phenoxy) is 2. The van der Waals surface area contributed by atoms with E-state index in [1.165, 1.54) is 12.5 Å². The average molecular weight is 543 g/mol. The Hall–Kier alpha value is -3.90. The topological polar surface area (TPSA) is 125 Å². The molecule has 1 aromatic carbocycles. The lowest BCUT2D eigenvalue weighted by Crippen LogP contribution is -2.44. The van der Waals surface area contributed by atoms with Gasteiger partial charge in [-0.2, -0.15) is 0 Å². The quantitative estimate of drug-likeness (QED) is 0.301. The first-order chi connectivity index (χ1) is 18.0. The zero-order valence-corrected chi connectivity index (χ0v) is 21.6. The Labute approximate surface area is 220 Å². The molecule has 1 aliphatic rings. The van der Waals surface area contributed by atoms with Gasteiger partial charge in [0.1, 0.15) is 28.2 Å². The second-order valence-electron chi connectivity index (χ2n) is 7.99. The van der Waals surface area contributed by atoms with E-state index in [2.05, 4.69) is 19.9 Å². The molecule has 1 aliphatic heterocycles. The summed E-state index contributed by atoms with van der Waals surface area (Å²) in [6, 6.07) is 10.5. The van der Waals surface area contributed by atoms with Crippen molar-refractivity contribution in [2.75, 3.05) is 36.1 Å². The number of furan rings is 1. The molecule has 192 valence electrons. The van der Waals surface area contributed by atoms with Crippen LogP contribution in [0.1, 0.15) is 12.1 Å². The van der Waals surface area contributed by atoms with E-state index in [1.807, 2.05) is 0 Å². The lowest BCUT2D eigenvalue weighted by atomic mass is 10.1. The average Bonchev–Trinajstić information content (AvgIpc) is 3.57. The normalized spacial score (nSPS) is 13.8. The lowest BCUT2D eigenvalue weighted by molar-refractivity contribution is -0.122. The van der Waals surface area contributed by atoms with Crippen LogP contribution in [0.3, 0.4) is 0 Å². The molecule has 4 aromatic rings. The summed E-state index contributed by atoms with van der Waals surface area (Å²) in [6.07, 6.45) is 3.87. The standard InChI is InChI=1S/C24H23ClN6O5S/c1-34-18-5-3-6-19(35-2)22(18)31-23(20-7-4-11-36-20)27-28-24(31)29-37(33)12-9-16-17(13-15(25)14-26-16)30-10-8-21(30)32/h3-7,11,13-14H,8-10,12H2,1-2H3,(H,28,29). The number of hydrogen-bond donors (Lipinski definition) is 1. The van der Waals surface area contributed by atoms with Gasteiger partial charge < -0.3 is 18.8 Å². The molecule has 4 heterocycles. The third-order valence-electron chi connectivity index (χ3n) is 5.81. The summed E-state index contributed by atoms with van der Waals surface area (Å²) in [5, 5.41) is 8.94. The highest BCUT2D eigenvalue weighted by atomic mass is 35.5. The maximum absolute atomic E-state index is 13.2. The summed E-state index contributed by atoms with van der Waals surface area (Å²) in [4.78, 5) is 18.0. The Morgan fingerprint density at radius 1 is 1.16 bits per heavy atom. The molecule has 1 saturated heterocycles. The van der Waals surface area contributed by atoms with Crippen LogP contribution in [0, 0.1) is 0 Å². The number of methoxy groups -OCH3 is 2. The molecule has 0 aliphatic carbocycles. The minimum absolute atomic E-state index is 0.00822. The summed E-state index contributed by atoms with van der Waals surface area (Å²) in [7, 11) is 1.50. The fourth-order valence-corrected chi connectivity index (χ4v) is 4.94. The molecule has 37 heavy (non-hydrogen) atoms. The fraction of sp³-hybridized carbons (Fsp3) is 0.250. The van der Waals surface area contributed by atoms with Crippen LogP contribution < -0.4 is 19.1 Å². The van der Waals surface area contributed by atoms with Crippen LogP contribution in [-0.4, -0.2) is 56.4 Å². The lowest BCUT2D eigenvalue weighted by Gasteiger charge is -2.32. The number of carbonyl (C=O) groups is 1. The number of amides is 1. The molecule has 11 nitrogen and oxygen atoms in total. The van der Waals surface area contributed by atoms with E-state index in [4.69, 9.17) is 25.5 Å². The van der Waals surface area contributed by atoms with E-state index in [-0.39, 0.29) is 17.6 Å². The number of anilines is 2. The fourth-order valence-electron chi connectivity index (χ4n) is 3.97. The van der Waals surface area contributed by atoms with Gasteiger partial charge >= 0.3 is 0 Å². The predicted molar refractivity (Wildman–Crippen MR) is 139 cm³/mol. The molecular formula is C24H23ClN6O5S. The molecular weight excluding hydrogens is 520 g/mol. The van der Waals surface area contributed by atoms with Crippen LogP contribution in [0.5, 0.6) is 11.5 Å². The van der Waals surface area contributed by atoms with E-state index in [0.29, 0.717) is 64.6 Å². The Morgan fingerprint density at radius 3 is 2.57 bits per heavy atom. The third-order valence-corrected chi connectivity index (χ3v) is 7.01. The van der Waals surface area contributed by atoms with E-state index >= 15 is 0 Å². The van der Waals surface area contributed by atoms with Crippen LogP contribution in [0.25, 0.3) is 17.3 Å². The molecule has 1 unspecified atom stereocenters. The van der Waals surface area contributed by atoms with Crippen LogP contribution in [0.4, 0.5) is 11.6 Å². The number of nitrogens with one attached hydrogen (secondary N) is 1. The van der Waals surface area contributed by atoms with Crippen LogP contribution >= 0.6 is 11.6 Å². The summed E-state index contributed by atoms with van der Waals surface area (Å²) < 4.78 is 34.5. The van der Waals surface area contributed by atoms with Gasteiger partial charge in [0.2, 0.25) is 17.7 Å². The van der Waals surface area contributed by atoms with Crippen molar-refractivity contribution in [1.29, 1.82) is 0 Å². The largest absolute Gasteiger partial charge is 0.494 e. The number of aryl methyl sites for hydroxylation is 1. The second-order valence-corrected chi connectivity index (χ2v) is 9.73. The Morgan fingerprint density at radius 2 is 1.95 bits per heavy atom. The molecule has 1 amide bonds. The number of halogens is 1. The zero-order chi connectivity index (χ0) is 25.9. The maximum Gasteiger partial charge on any atom is 0.241 e. The molecule has 13 heteroatoms. The van der Waals surface area contributed by atoms with Gasteiger partial charge in [-0.15, -0.1) is 10.2 Å². The van der Waals surface area contributed by atoms with Gasteiger partial charge in [-0.05, 0) is 30.3 Å². The number of β-lactam (4-membered cyclic amide) rings is 1. The smallest absolute Gasteiger partial charge is 0.241 e. The number of pyridine rings is 1. The first kappa shape index (κ1) is 24.8. The Bertz CT molecular complexity index is 1440. The SMILES string of the molecule is COc1cccc(OC)c1-n1c(NS(=O)CCc2ncc(Cl)cc2N2CCC2=O)nnc1-c1ccco1. The highest BCUT2D eigenvalue weighted by molar-refractivity contribution is 7.86. The number of benzene rings is 1. The number of carbonyl (C=O) groups excluding carboxylic acids is 1. The van der Waals surface area contributed by atoms with Gasteiger partial charge in [-0.3, -0.25) is 19.1 Å². The van der Waals surface area contributed by atoms with Crippen LogP contribution in [0.2, 0.25) is 5.02 Å². The molecule has 0 spiro atoms.